The lowest BCUT2D eigenvalue weighted by atomic mass is 9.72. The number of aliphatic carboxylic acids is 1. The van der Waals surface area contributed by atoms with E-state index in [1.807, 2.05) is 11.8 Å². The Balaban J connectivity index is 1.79. The van der Waals surface area contributed by atoms with Crippen LogP contribution >= 0.6 is 11.3 Å². The summed E-state index contributed by atoms with van der Waals surface area (Å²) in [5.41, 5.74) is -1.19. The zero-order valence-corrected chi connectivity index (χ0v) is 18.1. The normalized spacial score (nSPS) is 21.9. The Morgan fingerprint density at radius 2 is 2.09 bits per heavy atom. The van der Waals surface area contributed by atoms with E-state index in [4.69, 9.17) is 0 Å². The molecule has 0 aliphatic carbocycles. The van der Waals surface area contributed by atoms with E-state index < -0.39 is 36.4 Å². The minimum absolute atomic E-state index is 0.00965. The van der Waals surface area contributed by atoms with Crippen molar-refractivity contribution in [2.75, 3.05) is 13.1 Å². The summed E-state index contributed by atoms with van der Waals surface area (Å²) in [6.07, 6.45) is -3.23. The van der Waals surface area contributed by atoms with Crippen LogP contribution in [0.4, 0.5) is 22.0 Å². The molecule has 0 saturated carbocycles. The molecule has 0 spiro atoms. The predicted octanol–water partition coefficient (Wildman–Crippen LogP) is 3.85. The van der Waals surface area contributed by atoms with Gasteiger partial charge in [-0.1, -0.05) is 6.92 Å². The van der Waals surface area contributed by atoms with Crippen LogP contribution in [0.2, 0.25) is 0 Å². The Labute approximate surface area is 186 Å². The first kappa shape index (κ1) is 24.6. The second-order valence-electron chi connectivity index (χ2n) is 8.21. The smallest absolute Gasteiger partial charge is 0.310 e. The highest BCUT2D eigenvalue weighted by Gasteiger charge is 2.44. The molecule has 32 heavy (non-hydrogen) atoms. The highest BCUT2D eigenvalue weighted by molar-refractivity contribution is 7.15. The number of likely N-dealkylation sites (tertiary alicyclic amines) is 1. The molecule has 3 heterocycles. The van der Waals surface area contributed by atoms with Crippen molar-refractivity contribution in [3.05, 3.63) is 29.2 Å². The average Bonchev–Trinajstić information content (AvgIpc) is 3.15. The molecule has 0 amide bonds. The first-order valence-electron chi connectivity index (χ1n) is 10.1. The SMILES string of the molecule is CC1CN(Cc2cnc(-c3cc(F)cnc3[B]C(F)F)s2)C[C@](CCC(F)F)(C(=O)O)C1. The fourth-order valence-electron chi connectivity index (χ4n) is 4.28. The predicted molar refractivity (Wildman–Crippen MR) is 111 cm³/mol. The minimum Gasteiger partial charge on any atom is -0.481 e. The minimum atomic E-state index is -2.77. The van der Waals surface area contributed by atoms with Gasteiger partial charge in [-0.15, -0.1) is 11.3 Å². The molecule has 1 aliphatic rings. The molecule has 0 aromatic carbocycles. The van der Waals surface area contributed by atoms with Crippen molar-refractivity contribution in [1.29, 1.82) is 0 Å². The number of nitrogens with zero attached hydrogens (tertiary/aromatic N) is 3. The van der Waals surface area contributed by atoms with Crippen molar-refractivity contribution in [1.82, 2.24) is 14.9 Å². The van der Waals surface area contributed by atoms with Gasteiger partial charge in [-0.3, -0.25) is 14.7 Å². The molecule has 1 N–H and O–H groups in total. The van der Waals surface area contributed by atoms with E-state index in [1.165, 1.54) is 17.5 Å². The third kappa shape index (κ3) is 6.03. The lowest BCUT2D eigenvalue weighted by Crippen LogP contribution is -2.50. The van der Waals surface area contributed by atoms with Crippen molar-refractivity contribution in [3.63, 3.8) is 0 Å². The van der Waals surface area contributed by atoms with Gasteiger partial charge in [0.25, 0.3) is 7.28 Å². The molecule has 1 radical (unpaired) electrons. The molecule has 2 aromatic heterocycles. The third-order valence-corrected chi connectivity index (χ3v) is 6.48. The van der Waals surface area contributed by atoms with Crippen LogP contribution in [0, 0.1) is 17.2 Å². The molecule has 1 unspecified atom stereocenters. The van der Waals surface area contributed by atoms with Gasteiger partial charge in [-0.05, 0) is 24.8 Å². The zero-order valence-electron chi connectivity index (χ0n) is 17.3. The zero-order chi connectivity index (χ0) is 23.5. The van der Waals surface area contributed by atoms with Gasteiger partial charge in [0.1, 0.15) is 10.8 Å². The molecule has 1 aliphatic heterocycles. The summed E-state index contributed by atoms with van der Waals surface area (Å²) in [4.78, 5) is 22.5. The Morgan fingerprint density at radius 3 is 2.75 bits per heavy atom. The number of rotatable bonds is 9. The summed E-state index contributed by atoms with van der Waals surface area (Å²) in [5, 5.41) is 10.1. The summed E-state index contributed by atoms with van der Waals surface area (Å²) in [7, 11) is 0.617. The van der Waals surface area contributed by atoms with Crippen LogP contribution in [0.15, 0.2) is 18.5 Å². The first-order chi connectivity index (χ1) is 15.1. The monoisotopic (exact) mass is 474 g/mol. The number of hydrogen-bond acceptors (Lipinski definition) is 5. The summed E-state index contributed by atoms with van der Waals surface area (Å²) >= 11 is 1.17. The van der Waals surface area contributed by atoms with Gasteiger partial charge in [0.2, 0.25) is 12.8 Å². The Bertz CT molecular complexity index is 948. The van der Waals surface area contributed by atoms with E-state index in [1.54, 1.807) is 0 Å². The molecule has 1 saturated heterocycles. The number of hydrogen-bond donors (Lipinski definition) is 1. The molecule has 2 atom stereocenters. The average molecular weight is 474 g/mol. The summed E-state index contributed by atoms with van der Waals surface area (Å²) in [6, 6.07) is 1.09. The van der Waals surface area contributed by atoms with Crippen molar-refractivity contribution < 1.29 is 31.9 Å². The van der Waals surface area contributed by atoms with E-state index in [2.05, 4.69) is 9.97 Å². The van der Waals surface area contributed by atoms with Crippen LogP contribution in [0.1, 0.15) is 31.1 Å². The fraction of sp³-hybridized carbons (Fsp3) is 0.550. The van der Waals surface area contributed by atoms with Crippen LogP contribution in [-0.2, 0) is 11.3 Å². The Morgan fingerprint density at radius 1 is 1.34 bits per heavy atom. The fourth-order valence-corrected chi connectivity index (χ4v) is 5.26. The highest BCUT2D eigenvalue weighted by Crippen LogP contribution is 2.39. The number of piperidine rings is 1. The van der Waals surface area contributed by atoms with Crippen molar-refractivity contribution >= 4 is 30.2 Å². The number of carboxylic acid groups (broad SMARTS) is 1. The number of aromatic nitrogens is 2. The molecule has 2 aromatic rings. The van der Waals surface area contributed by atoms with E-state index in [9.17, 15) is 31.9 Å². The number of thiazole rings is 1. The summed E-state index contributed by atoms with van der Waals surface area (Å²) < 4.78 is 64.8. The van der Waals surface area contributed by atoms with Gasteiger partial charge in [0.15, 0.2) is 0 Å². The summed E-state index contributed by atoms with van der Waals surface area (Å²) in [6.45, 7) is 2.92. The standard InChI is InChI=1S/C20H22BF5N3O2S/c1-11-5-20(18(30)31,3-2-15(23)24)10-29(8-11)9-13-7-28-17(32-13)14-4-12(22)6-27-16(14)21-19(25)26/h4,6-7,11,15,19H,2-3,5,8-10H2,1H3,(H,30,31)/t11?,20-/m1/s1. The van der Waals surface area contributed by atoms with Crippen LogP contribution in [0.25, 0.3) is 10.6 Å². The second-order valence-corrected chi connectivity index (χ2v) is 9.33. The second kappa shape index (κ2) is 10.2. The van der Waals surface area contributed by atoms with Crippen molar-refractivity contribution in [2.24, 2.45) is 11.3 Å². The molecule has 3 rings (SSSR count). The highest BCUT2D eigenvalue weighted by atomic mass is 32.1. The Kier molecular flexibility index (Phi) is 7.86. The maximum Gasteiger partial charge on any atom is 0.310 e. The lowest BCUT2D eigenvalue weighted by molar-refractivity contribution is -0.155. The number of alkyl halides is 4. The number of pyridine rings is 1. The molecule has 5 nitrogen and oxygen atoms in total. The van der Waals surface area contributed by atoms with Gasteiger partial charge >= 0.3 is 5.97 Å². The number of carbonyl (C=O) groups is 1. The largest absolute Gasteiger partial charge is 0.481 e. The molecular formula is C20H22BF5N3O2S. The van der Waals surface area contributed by atoms with E-state index in [0.717, 1.165) is 17.1 Å². The summed E-state index contributed by atoms with van der Waals surface area (Å²) in [5.74, 6) is -1.78. The topological polar surface area (TPSA) is 66.3 Å². The van der Waals surface area contributed by atoms with E-state index in [0.29, 0.717) is 31.8 Å². The van der Waals surface area contributed by atoms with Crippen molar-refractivity contribution in [3.8, 4) is 10.6 Å². The van der Waals surface area contributed by atoms with Gasteiger partial charge in [-0.2, -0.15) is 0 Å². The lowest BCUT2D eigenvalue weighted by Gasteiger charge is -2.43. The number of halogens is 5. The van der Waals surface area contributed by atoms with Crippen LogP contribution in [0.3, 0.4) is 0 Å². The maximum absolute atomic E-state index is 13.7. The third-order valence-electron chi connectivity index (χ3n) is 5.46. The Hall–Kier alpha value is -2.08. The van der Waals surface area contributed by atoms with E-state index >= 15 is 0 Å². The van der Waals surface area contributed by atoms with Gasteiger partial charge in [0, 0.05) is 48.3 Å². The van der Waals surface area contributed by atoms with Crippen LogP contribution in [-0.4, -0.2) is 59.1 Å². The van der Waals surface area contributed by atoms with E-state index in [-0.39, 0.29) is 30.0 Å². The van der Waals surface area contributed by atoms with Gasteiger partial charge in [-0.25, -0.2) is 26.9 Å². The first-order valence-corrected chi connectivity index (χ1v) is 10.9. The van der Waals surface area contributed by atoms with Gasteiger partial charge < -0.3 is 5.11 Å². The van der Waals surface area contributed by atoms with Crippen LogP contribution in [0.5, 0.6) is 0 Å². The quantitative estimate of drug-likeness (QED) is 0.442. The molecule has 0 bridgehead atoms. The van der Waals surface area contributed by atoms with Gasteiger partial charge in [0.05, 0.1) is 11.6 Å². The molecule has 12 heteroatoms. The van der Waals surface area contributed by atoms with Crippen molar-refractivity contribution in [2.45, 2.75) is 45.5 Å². The van der Waals surface area contributed by atoms with Crippen LogP contribution < -0.4 is 5.59 Å². The molecule has 173 valence electrons. The maximum atomic E-state index is 13.7. The number of carboxylic acids is 1. The molecular weight excluding hydrogens is 452 g/mol. The molecule has 1 fully saturated rings.